The van der Waals surface area contributed by atoms with Crippen LogP contribution in [-0.4, -0.2) is 30.9 Å². The van der Waals surface area contributed by atoms with Gasteiger partial charge in [0.15, 0.2) is 6.61 Å². The van der Waals surface area contributed by atoms with Crippen LogP contribution in [0.4, 0.5) is 11.4 Å². The number of ether oxygens (including phenoxy) is 1. The lowest BCUT2D eigenvalue weighted by Gasteiger charge is -2.17. The van der Waals surface area contributed by atoms with Gasteiger partial charge in [0.25, 0.3) is 5.91 Å². The van der Waals surface area contributed by atoms with Crippen LogP contribution < -0.4 is 20.3 Å². The highest BCUT2D eigenvalue weighted by atomic mass is 79.9. The predicted octanol–water partition coefficient (Wildman–Crippen LogP) is 4.14. The lowest BCUT2D eigenvalue weighted by Crippen LogP contribution is -2.32. The van der Waals surface area contributed by atoms with E-state index in [4.69, 9.17) is 4.74 Å². The molecule has 7 nitrogen and oxygen atoms in total. The van der Waals surface area contributed by atoms with E-state index in [1.165, 1.54) is 0 Å². The molecule has 0 radical (unpaired) electrons. The molecule has 3 aromatic rings. The van der Waals surface area contributed by atoms with E-state index in [1.807, 2.05) is 42.5 Å². The molecule has 1 saturated heterocycles. The molecule has 0 spiro atoms. The molecule has 1 heterocycles. The Balaban J connectivity index is 1.26. The maximum absolute atomic E-state index is 12.5. The number of carbonyl (C=O) groups excluding carboxylic acids is 3. The summed E-state index contributed by atoms with van der Waals surface area (Å²) in [5.74, 6) is -0.378. The molecule has 0 saturated carbocycles. The Morgan fingerprint density at radius 2 is 1.68 bits per heavy atom. The fourth-order valence-corrected chi connectivity index (χ4v) is 3.93. The third kappa shape index (κ3) is 6.23. The highest BCUT2D eigenvalue weighted by molar-refractivity contribution is 9.10. The van der Waals surface area contributed by atoms with Crippen LogP contribution in [0.5, 0.6) is 5.75 Å². The lowest BCUT2D eigenvalue weighted by atomic mass is 10.1. The smallest absolute Gasteiger partial charge is 0.262 e. The van der Waals surface area contributed by atoms with Gasteiger partial charge in [-0.05, 0) is 54.1 Å². The number of nitrogens with zero attached hydrogens (tertiary/aromatic N) is 1. The van der Waals surface area contributed by atoms with Gasteiger partial charge in [-0.15, -0.1) is 0 Å². The van der Waals surface area contributed by atoms with Crippen molar-refractivity contribution in [1.29, 1.82) is 0 Å². The summed E-state index contributed by atoms with van der Waals surface area (Å²) in [6.07, 6.45) is 0.176. The zero-order chi connectivity index (χ0) is 23.9. The number of nitrogens with one attached hydrogen (secondary N) is 2. The molecule has 1 aliphatic rings. The van der Waals surface area contributed by atoms with Crippen molar-refractivity contribution >= 4 is 45.0 Å². The molecule has 3 amide bonds. The molecule has 8 heteroatoms. The van der Waals surface area contributed by atoms with Crippen molar-refractivity contribution in [2.75, 3.05) is 23.4 Å². The van der Waals surface area contributed by atoms with E-state index in [-0.39, 0.29) is 30.7 Å². The summed E-state index contributed by atoms with van der Waals surface area (Å²) in [6.45, 7) is 0.628. The maximum atomic E-state index is 12.5. The van der Waals surface area contributed by atoms with Crippen LogP contribution in [0, 0.1) is 5.92 Å². The topological polar surface area (TPSA) is 87.7 Å². The van der Waals surface area contributed by atoms with Crippen molar-refractivity contribution in [3.63, 3.8) is 0 Å². The van der Waals surface area contributed by atoms with Gasteiger partial charge in [0.1, 0.15) is 5.75 Å². The Hall–Kier alpha value is -3.65. The molecule has 0 aliphatic carbocycles. The summed E-state index contributed by atoms with van der Waals surface area (Å²) >= 11 is 3.35. The molecule has 34 heavy (non-hydrogen) atoms. The lowest BCUT2D eigenvalue weighted by molar-refractivity contribution is -0.126. The van der Waals surface area contributed by atoms with Gasteiger partial charge in [0.2, 0.25) is 11.8 Å². The first-order chi connectivity index (χ1) is 16.5. The quantitative estimate of drug-likeness (QED) is 0.466. The summed E-state index contributed by atoms with van der Waals surface area (Å²) in [4.78, 5) is 38.8. The Morgan fingerprint density at radius 3 is 2.38 bits per heavy atom. The van der Waals surface area contributed by atoms with Crippen LogP contribution in [0.15, 0.2) is 83.3 Å². The largest absolute Gasteiger partial charge is 0.484 e. The molecule has 0 unspecified atom stereocenters. The molecule has 1 atom stereocenters. The minimum absolute atomic E-state index is 0.0950. The molecule has 4 rings (SSSR count). The molecular weight excluding hydrogens is 498 g/mol. The third-order valence-electron chi connectivity index (χ3n) is 5.45. The number of hydrogen-bond donors (Lipinski definition) is 2. The second-order valence-electron chi connectivity index (χ2n) is 7.95. The van der Waals surface area contributed by atoms with Crippen molar-refractivity contribution in [2.45, 2.75) is 13.0 Å². The van der Waals surface area contributed by atoms with Crippen molar-refractivity contribution in [2.24, 2.45) is 5.92 Å². The first-order valence-corrected chi connectivity index (χ1v) is 11.7. The summed E-state index contributed by atoms with van der Waals surface area (Å²) in [7, 11) is 0. The third-order valence-corrected chi connectivity index (χ3v) is 5.98. The van der Waals surface area contributed by atoms with Gasteiger partial charge in [-0.1, -0.05) is 46.3 Å². The Morgan fingerprint density at radius 1 is 0.971 bits per heavy atom. The highest BCUT2D eigenvalue weighted by Gasteiger charge is 2.35. The second-order valence-corrected chi connectivity index (χ2v) is 8.86. The van der Waals surface area contributed by atoms with E-state index in [2.05, 4.69) is 26.6 Å². The van der Waals surface area contributed by atoms with Crippen LogP contribution in [0.3, 0.4) is 0 Å². The molecule has 0 aromatic heterocycles. The summed E-state index contributed by atoms with van der Waals surface area (Å²) in [6, 6.07) is 23.8. The maximum Gasteiger partial charge on any atom is 0.262 e. The first kappa shape index (κ1) is 23.5. The van der Waals surface area contributed by atoms with Gasteiger partial charge < -0.3 is 20.3 Å². The molecule has 3 aromatic carbocycles. The minimum Gasteiger partial charge on any atom is -0.484 e. The van der Waals surface area contributed by atoms with Crippen molar-refractivity contribution in [1.82, 2.24) is 5.32 Å². The number of anilines is 2. The van der Waals surface area contributed by atoms with E-state index in [0.29, 0.717) is 30.2 Å². The van der Waals surface area contributed by atoms with E-state index >= 15 is 0 Å². The highest BCUT2D eigenvalue weighted by Crippen LogP contribution is 2.27. The average molecular weight is 522 g/mol. The van der Waals surface area contributed by atoms with Crippen LogP contribution >= 0.6 is 15.9 Å². The average Bonchev–Trinajstić information content (AvgIpc) is 3.25. The minimum atomic E-state index is -0.394. The number of carbonyl (C=O) groups is 3. The van der Waals surface area contributed by atoms with Gasteiger partial charge in [0, 0.05) is 35.4 Å². The van der Waals surface area contributed by atoms with Crippen LogP contribution in [0.25, 0.3) is 0 Å². The van der Waals surface area contributed by atoms with E-state index in [1.54, 1.807) is 41.3 Å². The predicted molar refractivity (Wildman–Crippen MR) is 133 cm³/mol. The Kier molecular flexibility index (Phi) is 7.59. The van der Waals surface area contributed by atoms with Crippen molar-refractivity contribution in [3.8, 4) is 5.75 Å². The molecule has 0 bridgehead atoms. The summed E-state index contributed by atoms with van der Waals surface area (Å²) < 4.78 is 6.48. The van der Waals surface area contributed by atoms with Crippen LogP contribution in [0.1, 0.15) is 12.0 Å². The fourth-order valence-electron chi connectivity index (χ4n) is 3.66. The Bertz CT molecular complexity index is 1150. The van der Waals surface area contributed by atoms with Gasteiger partial charge in [-0.25, -0.2) is 0 Å². The zero-order valence-electron chi connectivity index (χ0n) is 18.4. The summed E-state index contributed by atoms with van der Waals surface area (Å²) in [5.41, 5.74) is 2.38. The molecule has 174 valence electrons. The molecule has 1 aliphatic heterocycles. The van der Waals surface area contributed by atoms with Crippen molar-refractivity contribution < 1.29 is 19.1 Å². The number of hydrogen-bond acceptors (Lipinski definition) is 4. The molecule has 1 fully saturated rings. The standard InChI is InChI=1S/C26H24BrN3O4/c27-20-6-8-21(9-7-20)29-24(31)17-34-23-12-10-22(11-13-23)30-16-19(14-25(30)32)26(33)28-15-18-4-2-1-3-5-18/h1-13,19H,14-17H2,(H,28,33)(H,29,31)/t19-/m0/s1. The fraction of sp³-hybridized carbons (Fsp3) is 0.192. The summed E-state index contributed by atoms with van der Waals surface area (Å²) in [5, 5.41) is 5.67. The second kappa shape index (κ2) is 11.0. The molecular formula is C26H24BrN3O4. The SMILES string of the molecule is O=C(COc1ccc(N2C[C@@H](C(=O)NCc3ccccc3)CC2=O)cc1)Nc1ccc(Br)cc1. The van der Waals surface area contributed by atoms with E-state index in [0.717, 1.165) is 10.0 Å². The normalized spacial score (nSPS) is 15.1. The first-order valence-electron chi connectivity index (χ1n) is 10.9. The van der Waals surface area contributed by atoms with Crippen LogP contribution in [-0.2, 0) is 20.9 Å². The number of amides is 3. The molecule has 2 N–H and O–H groups in total. The zero-order valence-corrected chi connectivity index (χ0v) is 20.0. The van der Waals surface area contributed by atoms with Gasteiger partial charge >= 0.3 is 0 Å². The number of halogens is 1. The van der Waals surface area contributed by atoms with Gasteiger partial charge in [0.05, 0.1) is 5.92 Å². The van der Waals surface area contributed by atoms with Gasteiger partial charge in [-0.2, -0.15) is 0 Å². The number of benzene rings is 3. The van der Waals surface area contributed by atoms with E-state index < -0.39 is 5.92 Å². The number of rotatable bonds is 8. The van der Waals surface area contributed by atoms with Crippen LogP contribution in [0.2, 0.25) is 0 Å². The van der Waals surface area contributed by atoms with E-state index in [9.17, 15) is 14.4 Å². The van der Waals surface area contributed by atoms with Crippen molar-refractivity contribution in [3.05, 3.63) is 88.9 Å². The monoisotopic (exact) mass is 521 g/mol. The van der Waals surface area contributed by atoms with Gasteiger partial charge in [-0.3, -0.25) is 14.4 Å². The Labute approximate surface area is 206 Å².